The Hall–Kier alpha value is -2.27. The number of halogens is 1. The maximum atomic E-state index is 13.1. The zero-order chi connectivity index (χ0) is 15.2. The van der Waals surface area contributed by atoms with E-state index in [0.717, 1.165) is 5.56 Å². The minimum Gasteiger partial charge on any atom is -0.497 e. The van der Waals surface area contributed by atoms with E-state index in [4.69, 9.17) is 19.9 Å². The summed E-state index contributed by atoms with van der Waals surface area (Å²) < 4.78 is 29.1. The summed E-state index contributed by atoms with van der Waals surface area (Å²) in [7, 11) is 3.16. The van der Waals surface area contributed by atoms with E-state index in [1.54, 1.807) is 44.6 Å². The van der Waals surface area contributed by atoms with Gasteiger partial charge in [0.05, 0.1) is 20.3 Å². The summed E-state index contributed by atoms with van der Waals surface area (Å²) in [5.74, 6) is 1.44. The molecule has 0 aliphatic carbocycles. The third-order valence-electron chi connectivity index (χ3n) is 3.06. The summed E-state index contributed by atoms with van der Waals surface area (Å²) in [4.78, 5) is 0. The number of rotatable bonds is 6. The number of hydrogen-bond donors (Lipinski definition) is 1. The zero-order valence-electron chi connectivity index (χ0n) is 12.0. The van der Waals surface area contributed by atoms with Gasteiger partial charge >= 0.3 is 0 Å². The highest BCUT2D eigenvalue weighted by atomic mass is 19.1. The maximum Gasteiger partial charge on any atom is 0.126 e. The summed E-state index contributed by atoms with van der Waals surface area (Å²) >= 11 is 0. The Morgan fingerprint density at radius 3 is 2.52 bits per heavy atom. The summed E-state index contributed by atoms with van der Waals surface area (Å²) in [5.41, 5.74) is 6.90. The molecule has 0 heterocycles. The SMILES string of the molecule is COc1ccc(OC)c(C(N)COc2cccc(F)c2)c1. The van der Waals surface area contributed by atoms with Crippen LogP contribution in [0.3, 0.4) is 0 Å². The molecule has 0 saturated carbocycles. The molecule has 112 valence electrons. The molecule has 21 heavy (non-hydrogen) atoms. The lowest BCUT2D eigenvalue weighted by Gasteiger charge is -2.17. The van der Waals surface area contributed by atoms with Gasteiger partial charge in [-0.3, -0.25) is 0 Å². The maximum absolute atomic E-state index is 13.1. The van der Waals surface area contributed by atoms with Crippen molar-refractivity contribution in [2.24, 2.45) is 5.73 Å². The Kier molecular flexibility index (Phi) is 5.00. The molecule has 2 rings (SSSR count). The van der Waals surface area contributed by atoms with Crippen molar-refractivity contribution in [2.45, 2.75) is 6.04 Å². The van der Waals surface area contributed by atoms with Gasteiger partial charge in [-0.1, -0.05) is 6.07 Å². The molecule has 4 nitrogen and oxygen atoms in total. The van der Waals surface area contributed by atoms with Crippen molar-refractivity contribution in [3.8, 4) is 17.2 Å². The van der Waals surface area contributed by atoms with E-state index in [1.807, 2.05) is 0 Å². The molecule has 0 bridgehead atoms. The van der Waals surface area contributed by atoms with Gasteiger partial charge in [0.1, 0.15) is 29.7 Å². The molecule has 0 aromatic heterocycles. The Morgan fingerprint density at radius 2 is 1.86 bits per heavy atom. The van der Waals surface area contributed by atoms with Crippen molar-refractivity contribution in [3.05, 3.63) is 53.8 Å². The van der Waals surface area contributed by atoms with Gasteiger partial charge in [0.2, 0.25) is 0 Å². The van der Waals surface area contributed by atoms with Crippen molar-refractivity contribution in [3.63, 3.8) is 0 Å². The molecule has 2 aromatic carbocycles. The number of ether oxygens (including phenoxy) is 3. The van der Waals surface area contributed by atoms with Crippen molar-refractivity contribution in [1.82, 2.24) is 0 Å². The fourth-order valence-electron chi connectivity index (χ4n) is 1.96. The van der Waals surface area contributed by atoms with Crippen LogP contribution in [0, 0.1) is 5.82 Å². The van der Waals surface area contributed by atoms with Crippen LogP contribution in [-0.2, 0) is 0 Å². The molecule has 0 radical (unpaired) electrons. The minimum absolute atomic E-state index is 0.201. The quantitative estimate of drug-likeness (QED) is 0.889. The second-order valence-corrected chi connectivity index (χ2v) is 4.48. The predicted molar refractivity (Wildman–Crippen MR) is 78.4 cm³/mol. The normalized spacial score (nSPS) is 11.8. The van der Waals surface area contributed by atoms with Gasteiger partial charge in [0.25, 0.3) is 0 Å². The van der Waals surface area contributed by atoms with Crippen LogP contribution < -0.4 is 19.9 Å². The van der Waals surface area contributed by atoms with Crippen LogP contribution >= 0.6 is 0 Å². The lowest BCUT2D eigenvalue weighted by molar-refractivity contribution is 0.285. The molecular weight excluding hydrogens is 273 g/mol. The fourth-order valence-corrected chi connectivity index (χ4v) is 1.96. The van der Waals surface area contributed by atoms with E-state index in [0.29, 0.717) is 17.2 Å². The third kappa shape index (κ3) is 3.86. The highest BCUT2D eigenvalue weighted by Crippen LogP contribution is 2.28. The standard InChI is InChI=1S/C16H18FNO3/c1-19-12-6-7-16(20-2)14(9-12)15(18)10-21-13-5-3-4-11(17)8-13/h3-9,15H,10,18H2,1-2H3. The molecule has 0 spiro atoms. The van der Waals surface area contributed by atoms with E-state index < -0.39 is 6.04 Å². The van der Waals surface area contributed by atoms with E-state index in [-0.39, 0.29) is 12.4 Å². The van der Waals surface area contributed by atoms with Gasteiger partial charge in [-0.05, 0) is 30.3 Å². The number of nitrogens with two attached hydrogens (primary N) is 1. The van der Waals surface area contributed by atoms with Gasteiger partial charge in [0, 0.05) is 11.6 Å². The molecule has 0 saturated heterocycles. The lowest BCUT2D eigenvalue weighted by atomic mass is 10.1. The Bertz CT molecular complexity index is 604. The van der Waals surface area contributed by atoms with Crippen LogP contribution in [0.15, 0.2) is 42.5 Å². The molecule has 2 N–H and O–H groups in total. The first kappa shape index (κ1) is 15.1. The smallest absolute Gasteiger partial charge is 0.126 e. The van der Waals surface area contributed by atoms with Crippen LogP contribution in [-0.4, -0.2) is 20.8 Å². The summed E-state index contributed by atoms with van der Waals surface area (Å²) in [6, 6.07) is 10.9. The largest absolute Gasteiger partial charge is 0.497 e. The minimum atomic E-state index is -0.418. The van der Waals surface area contributed by atoms with Crippen LogP contribution in [0.25, 0.3) is 0 Å². The number of hydrogen-bond acceptors (Lipinski definition) is 4. The average molecular weight is 291 g/mol. The van der Waals surface area contributed by atoms with Gasteiger partial charge < -0.3 is 19.9 Å². The van der Waals surface area contributed by atoms with Crippen LogP contribution in [0.2, 0.25) is 0 Å². The predicted octanol–water partition coefficient (Wildman–Crippen LogP) is 2.92. The zero-order valence-corrected chi connectivity index (χ0v) is 12.0. The van der Waals surface area contributed by atoms with E-state index >= 15 is 0 Å². The topological polar surface area (TPSA) is 53.7 Å². The van der Waals surface area contributed by atoms with Crippen LogP contribution in [0.4, 0.5) is 4.39 Å². The first-order valence-corrected chi connectivity index (χ1v) is 6.50. The van der Waals surface area contributed by atoms with Gasteiger partial charge in [0.15, 0.2) is 0 Å². The molecule has 0 aliphatic heterocycles. The van der Waals surface area contributed by atoms with E-state index in [2.05, 4.69) is 0 Å². The molecule has 1 unspecified atom stereocenters. The van der Waals surface area contributed by atoms with Crippen molar-refractivity contribution >= 4 is 0 Å². The molecule has 1 atom stereocenters. The average Bonchev–Trinajstić information content (AvgIpc) is 2.52. The van der Waals surface area contributed by atoms with E-state index in [9.17, 15) is 4.39 Å². The van der Waals surface area contributed by atoms with Crippen molar-refractivity contribution in [1.29, 1.82) is 0 Å². The summed E-state index contributed by atoms with van der Waals surface area (Å²) in [6.07, 6.45) is 0. The first-order valence-electron chi connectivity index (χ1n) is 6.50. The summed E-state index contributed by atoms with van der Waals surface area (Å²) in [5, 5.41) is 0. The molecule has 2 aromatic rings. The first-order chi connectivity index (χ1) is 10.1. The lowest BCUT2D eigenvalue weighted by Crippen LogP contribution is -2.20. The second-order valence-electron chi connectivity index (χ2n) is 4.48. The monoisotopic (exact) mass is 291 g/mol. The fraction of sp³-hybridized carbons (Fsp3) is 0.250. The Morgan fingerprint density at radius 1 is 1.05 bits per heavy atom. The van der Waals surface area contributed by atoms with Crippen molar-refractivity contribution < 1.29 is 18.6 Å². The van der Waals surface area contributed by atoms with Gasteiger partial charge in [-0.25, -0.2) is 4.39 Å². The van der Waals surface area contributed by atoms with Gasteiger partial charge in [-0.15, -0.1) is 0 Å². The van der Waals surface area contributed by atoms with Crippen molar-refractivity contribution in [2.75, 3.05) is 20.8 Å². The van der Waals surface area contributed by atoms with Crippen LogP contribution in [0.1, 0.15) is 11.6 Å². The Labute approximate surface area is 123 Å². The van der Waals surface area contributed by atoms with E-state index in [1.165, 1.54) is 12.1 Å². The second kappa shape index (κ2) is 6.95. The molecule has 0 fully saturated rings. The third-order valence-corrected chi connectivity index (χ3v) is 3.06. The number of benzene rings is 2. The molecule has 0 amide bonds. The highest BCUT2D eigenvalue weighted by molar-refractivity contribution is 5.42. The number of methoxy groups -OCH3 is 2. The van der Waals surface area contributed by atoms with Crippen LogP contribution in [0.5, 0.6) is 17.2 Å². The molecule has 5 heteroatoms. The van der Waals surface area contributed by atoms with Gasteiger partial charge in [-0.2, -0.15) is 0 Å². The highest BCUT2D eigenvalue weighted by Gasteiger charge is 2.14. The molecule has 0 aliphatic rings. The summed E-state index contributed by atoms with van der Waals surface area (Å²) in [6.45, 7) is 0.201. The molecular formula is C16H18FNO3. The Balaban J connectivity index is 2.10.